The number of nitrogens with two attached hydrogens (primary N) is 1. The second-order valence-corrected chi connectivity index (χ2v) is 8.05. The molecule has 0 atom stereocenters. The van der Waals surface area contributed by atoms with Crippen LogP contribution in [0.4, 0.5) is 0 Å². The maximum absolute atomic E-state index is 12.0. The lowest BCUT2D eigenvalue weighted by Crippen LogP contribution is -2.50. The first-order valence-corrected chi connectivity index (χ1v) is 6.66. The number of hydrogen-bond acceptors (Lipinski definition) is 3. The summed E-state index contributed by atoms with van der Waals surface area (Å²) < 4.78 is 25.7. The van der Waals surface area contributed by atoms with Crippen LogP contribution >= 0.6 is 0 Å². The molecule has 0 amide bonds. The Kier molecular flexibility index (Phi) is 4.35. The Morgan fingerprint density at radius 3 is 1.87 bits per heavy atom. The van der Waals surface area contributed by atoms with Gasteiger partial charge >= 0.3 is 0 Å². The van der Waals surface area contributed by atoms with Crippen LogP contribution in [0.3, 0.4) is 0 Å². The summed E-state index contributed by atoms with van der Waals surface area (Å²) in [5.74, 6) is 0. The zero-order valence-electron chi connectivity index (χ0n) is 10.6. The third kappa shape index (κ3) is 4.95. The molecule has 0 bridgehead atoms. The molecular weight excluding hydrogens is 212 g/mol. The van der Waals surface area contributed by atoms with Crippen molar-refractivity contribution in [2.45, 2.75) is 64.3 Å². The average Bonchev–Trinajstić information content (AvgIpc) is 1.75. The maximum atomic E-state index is 12.0. The number of rotatable bonds is 5. The van der Waals surface area contributed by atoms with Crippen LogP contribution in [0.2, 0.25) is 0 Å². The molecule has 4 nitrogen and oxygen atoms in total. The summed E-state index contributed by atoms with van der Waals surface area (Å²) in [5, 5.41) is 0. The van der Waals surface area contributed by atoms with Crippen molar-refractivity contribution in [2.24, 2.45) is 5.73 Å². The van der Waals surface area contributed by atoms with Gasteiger partial charge in [0.15, 0.2) is 0 Å². The fourth-order valence-corrected chi connectivity index (χ4v) is 3.16. The average molecular weight is 236 g/mol. The van der Waals surface area contributed by atoms with Gasteiger partial charge in [-0.25, -0.2) is 13.1 Å². The Labute approximate surface area is 93.7 Å². The molecule has 0 aromatic carbocycles. The fourth-order valence-electron chi connectivity index (χ4n) is 1.66. The van der Waals surface area contributed by atoms with Gasteiger partial charge in [0.25, 0.3) is 0 Å². The van der Waals surface area contributed by atoms with Crippen LogP contribution in [0, 0.1) is 0 Å². The monoisotopic (exact) mass is 236 g/mol. The highest BCUT2D eigenvalue weighted by molar-refractivity contribution is 7.90. The second kappa shape index (κ2) is 4.39. The molecule has 0 fully saturated rings. The summed E-state index contributed by atoms with van der Waals surface area (Å²) in [6.07, 6.45) is 0.419. The summed E-state index contributed by atoms with van der Waals surface area (Å²) in [6, 6.07) is -0.0878. The van der Waals surface area contributed by atoms with Gasteiger partial charge in [-0.3, -0.25) is 0 Å². The van der Waals surface area contributed by atoms with Crippen molar-refractivity contribution >= 4 is 10.0 Å². The molecule has 0 radical (unpaired) electrons. The van der Waals surface area contributed by atoms with Crippen LogP contribution < -0.4 is 10.5 Å². The normalized spacial score (nSPS) is 14.7. The minimum absolute atomic E-state index is 0.0878. The van der Waals surface area contributed by atoms with Gasteiger partial charge < -0.3 is 5.73 Å². The van der Waals surface area contributed by atoms with Crippen molar-refractivity contribution in [1.29, 1.82) is 0 Å². The van der Waals surface area contributed by atoms with Crippen molar-refractivity contribution in [3.8, 4) is 0 Å². The lowest BCUT2D eigenvalue weighted by atomic mass is 9.93. The van der Waals surface area contributed by atoms with Gasteiger partial charge in [0.05, 0.1) is 4.75 Å². The SMILES string of the molecule is CC(C)NS(=O)(=O)C(C)(C)CC(C)(C)N. The third-order valence-corrected chi connectivity index (χ3v) is 4.38. The van der Waals surface area contributed by atoms with E-state index in [0.717, 1.165) is 0 Å². The van der Waals surface area contributed by atoms with Gasteiger partial charge in [-0.1, -0.05) is 0 Å². The van der Waals surface area contributed by atoms with E-state index in [4.69, 9.17) is 5.73 Å². The van der Waals surface area contributed by atoms with Crippen molar-refractivity contribution in [3.63, 3.8) is 0 Å². The van der Waals surface area contributed by atoms with E-state index in [1.54, 1.807) is 27.7 Å². The van der Waals surface area contributed by atoms with Gasteiger partial charge in [0.2, 0.25) is 10.0 Å². The summed E-state index contributed by atoms with van der Waals surface area (Å²) in [6.45, 7) is 10.7. The zero-order chi connectivity index (χ0) is 12.5. The Morgan fingerprint density at radius 1 is 1.20 bits per heavy atom. The van der Waals surface area contributed by atoms with Crippen molar-refractivity contribution < 1.29 is 8.42 Å². The van der Waals surface area contributed by atoms with Crippen LogP contribution in [0.1, 0.15) is 48.0 Å². The molecule has 0 aliphatic carbocycles. The summed E-state index contributed by atoms with van der Waals surface area (Å²) >= 11 is 0. The van der Waals surface area contributed by atoms with Crippen LogP contribution in [0.15, 0.2) is 0 Å². The third-order valence-electron chi connectivity index (χ3n) is 2.00. The molecule has 0 aromatic heterocycles. The van der Waals surface area contributed by atoms with E-state index < -0.39 is 20.3 Å². The number of sulfonamides is 1. The molecule has 0 rings (SSSR count). The van der Waals surface area contributed by atoms with Crippen LogP contribution in [-0.4, -0.2) is 24.7 Å². The Morgan fingerprint density at radius 2 is 1.60 bits per heavy atom. The van der Waals surface area contributed by atoms with E-state index in [1.165, 1.54) is 0 Å². The molecule has 0 aliphatic heterocycles. The lowest BCUT2D eigenvalue weighted by molar-refractivity contribution is 0.400. The molecule has 15 heavy (non-hydrogen) atoms. The van der Waals surface area contributed by atoms with Gasteiger partial charge in [-0.05, 0) is 48.0 Å². The number of hydrogen-bond donors (Lipinski definition) is 2. The Balaban J connectivity index is 4.87. The predicted octanol–water partition coefficient (Wildman–Crippen LogP) is 1.22. The summed E-state index contributed by atoms with van der Waals surface area (Å²) in [5.41, 5.74) is 5.37. The van der Waals surface area contributed by atoms with Crippen LogP contribution in [-0.2, 0) is 10.0 Å². The molecule has 0 heterocycles. The first-order chi connectivity index (χ1) is 6.37. The Hall–Kier alpha value is -0.130. The van der Waals surface area contributed by atoms with Crippen LogP contribution in [0.5, 0.6) is 0 Å². The van der Waals surface area contributed by atoms with E-state index >= 15 is 0 Å². The first-order valence-electron chi connectivity index (χ1n) is 5.18. The minimum atomic E-state index is -3.32. The Bertz CT molecular complexity index is 300. The predicted molar refractivity (Wildman–Crippen MR) is 64.2 cm³/mol. The molecule has 0 saturated carbocycles. The molecule has 3 N–H and O–H groups in total. The summed E-state index contributed by atoms with van der Waals surface area (Å²) in [4.78, 5) is 0. The minimum Gasteiger partial charge on any atom is -0.326 e. The molecule has 0 saturated heterocycles. The molecule has 0 aliphatic rings. The largest absolute Gasteiger partial charge is 0.326 e. The molecule has 0 unspecified atom stereocenters. The highest BCUT2D eigenvalue weighted by Gasteiger charge is 2.38. The smallest absolute Gasteiger partial charge is 0.217 e. The van der Waals surface area contributed by atoms with E-state index in [-0.39, 0.29) is 6.04 Å². The van der Waals surface area contributed by atoms with E-state index in [2.05, 4.69) is 4.72 Å². The lowest BCUT2D eigenvalue weighted by Gasteiger charge is -2.32. The van der Waals surface area contributed by atoms with Crippen molar-refractivity contribution in [2.75, 3.05) is 0 Å². The quantitative estimate of drug-likeness (QED) is 0.754. The van der Waals surface area contributed by atoms with Crippen molar-refractivity contribution in [1.82, 2.24) is 4.72 Å². The highest BCUT2D eigenvalue weighted by atomic mass is 32.2. The topological polar surface area (TPSA) is 72.2 Å². The first kappa shape index (κ1) is 14.9. The van der Waals surface area contributed by atoms with E-state index in [9.17, 15) is 8.42 Å². The number of nitrogens with one attached hydrogen (secondary N) is 1. The van der Waals surface area contributed by atoms with Crippen LogP contribution in [0.25, 0.3) is 0 Å². The second-order valence-electron chi connectivity index (χ2n) is 5.70. The summed E-state index contributed by atoms with van der Waals surface area (Å²) in [7, 11) is -3.32. The molecule has 92 valence electrons. The molecule has 5 heteroatoms. The molecule has 0 spiro atoms. The van der Waals surface area contributed by atoms with Gasteiger partial charge in [-0.2, -0.15) is 0 Å². The maximum Gasteiger partial charge on any atom is 0.217 e. The fraction of sp³-hybridized carbons (Fsp3) is 1.00. The van der Waals surface area contributed by atoms with Gasteiger partial charge in [0.1, 0.15) is 0 Å². The standard InChI is InChI=1S/C10H24N2O2S/c1-8(2)12-15(13,14)10(5,6)7-9(3,4)11/h8,12H,7,11H2,1-6H3. The molecular formula is C10H24N2O2S. The highest BCUT2D eigenvalue weighted by Crippen LogP contribution is 2.25. The van der Waals surface area contributed by atoms with Crippen molar-refractivity contribution in [3.05, 3.63) is 0 Å². The van der Waals surface area contributed by atoms with Gasteiger partial charge in [-0.15, -0.1) is 0 Å². The molecule has 0 aromatic rings. The van der Waals surface area contributed by atoms with E-state index in [0.29, 0.717) is 6.42 Å². The zero-order valence-corrected chi connectivity index (χ0v) is 11.4. The van der Waals surface area contributed by atoms with E-state index in [1.807, 2.05) is 13.8 Å². The van der Waals surface area contributed by atoms with Gasteiger partial charge in [0, 0.05) is 11.6 Å².